The van der Waals surface area contributed by atoms with Crippen molar-refractivity contribution in [1.82, 2.24) is 9.88 Å². The molecule has 9 heteroatoms. The van der Waals surface area contributed by atoms with Crippen LogP contribution in [-0.2, 0) is 9.59 Å². The number of nitrogens with zero attached hydrogens (tertiary/aromatic N) is 3. The van der Waals surface area contributed by atoms with Gasteiger partial charge < -0.3 is 4.90 Å². The van der Waals surface area contributed by atoms with Crippen LogP contribution in [0.25, 0.3) is 0 Å². The summed E-state index contributed by atoms with van der Waals surface area (Å²) in [6.45, 7) is -1.00. The maximum Gasteiger partial charge on any atom is 0.393 e. The topological polar surface area (TPSA) is 53.5 Å². The zero-order chi connectivity index (χ0) is 17.0. The van der Waals surface area contributed by atoms with Gasteiger partial charge in [0.25, 0.3) is 0 Å². The minimum absolute atomic E-state index is 0.0585. The molecule has 0 bridgehead atoms. The van der Waals surface area contributed by atoms with E-state index in [0.717, 1.165) is 4.90 Å². The van der Waals surface area contributed by atoms with Gasteiger partial charge in [-0.3, -0.25) is 14.5 Å². The van der Waals surface area contributed by atoms with Crippen LogP contribution in [0.3, 0.4) is 0 Å². The summed E-state index contributed by atoms with van der Waals surface area (Å²) in [4.78, 5) is 30.2. The van der Waals surface area contributed by atoms with Gasteiger partial charge in [0.05, 0.1) is 12.5 Å². The molecule has 0 radical (unpaired) electrons. The smallest absolute Gasteiger partial charge is 0.333 e. The highest BCUT2D eigenvalue weighted by atomic mass is 32.1. The van der Waals surface area contributed by atoms with Crippen LogP contribution in [0.5, 0.6) is 0 Å². The van der Waals surface area contributed by atoms with Crippen LogP contribution < -0.4 is 4.90 Å². The number of carbonyl (C=O) groups excluding carboxylic acids is 2. The van der Waals surface area contributed by atoms with Gasteiger partial charge in [0.1, 0.15) is 6.54 Å². The van der Waals surface area contributed by atoms with E-state index in [1.54, 1.807) is 5.38 Å². The highest BCUT2D eigenvalue weighted by Gasteiger charge is 2.44. The lowest BCUT2D eigenvalue weighted by Gasteiger charge is -2.34. The Morgan fingerprint density at radius 2 is 2.30 bits per heavy atom. The van der Waals surface area contributed by atoms with Crippen LogP contribution in [0.2, 0.25) is 0 Å². The summed E-state index contributed by atoms with van der Waals surface area (Å²) in [6.07, 6.45) is 1.87. The van der Waals surface area contributed by atoms with E-state index in [2.05, 4.69) is 10.9 Å². The first-order chi connectivity index (χ1) is 10.8. The van der Waals surface area contributed by atoms with E-state index in [4.69, 9.17) is 6.42 Å². The first-order valence-electron chi connectivity index (χ1n) is 6.80. The number of thiazole rings is 1. The third kappa shape index (κ3) is 4.22. The molecule has 5 nitrogen and oxygen atoms in total. The van der Waals surface area contributed by atoms with E-state index in [-0.39, 0.29) is 19.4 Å². The molecule has 0 saturated carbocycles. The van der Waals surface area contributed by atoms with Crippen molar-refractivity contribution in [2.75, 3.05) is 24.5 Å². The molecule has 0 aliphatic carbocycles. The summed E-state index contributed by atoms with van der Waals surface area (Å²) < 4.78 is 38.4. The van der Waals surface area contributed by atoms with Crippen LogP contribution in [0.4, 0.5) is 18.3 Å². The number of likely N-dealkylation sites (tertiary alicyclic amines) is 1. The zero-order valence-corrected chi connectivity index (χ0v) is 12.9. The summed E-state index contributed by atoms with van der Waals surface area (Å²) >= 11 is 1.18. The van der Waals surface area contributed by atoms with Crippen molar-refractivity contribution in [3.8, 4) is 12.3 Å². The highest BCUT2D eigenvalue weighted by molar-refractivity contribution is 7.13. The monoisotopic (exact) mass is 345 g/mol. The number of hydrogen-bond donors (Lipinski definition) is 0. The molecule has 0 N–H and O–H groups in total. The summed E-state index contributed by atoms with van der Waals surface area (Å²) in [7, 11) is 0. The van der Waals surface area contributed by atoms with E-state index < -0.39 is 37.0 Å². The molecular formula is C14H14F3N3O2S. The van der Waals surface area contributed by atoms with Crippen LogP contribution in [0.1, 0.15) is 12.8 Å². The normalized spacial score (nSPS) is 18.6. The molecule has 1 aliphatic heterocycles. The molecule has 1 atom stereocenters. The highest BCUT2D eigenvalue weighted by Crippen LogP contribution is 2.33. The minimum Gasteiger partial charge on any atom is -0.333 e. The zero-order valence-electron chi connectivity index (χ0n) is 12.0. The number of anilines is 1. The van der Waals surface area contributed by atoms with Crippen LogP contribution in [0.15, 0.2) is 11.6 Å². The van der Waals surface area contributed by atoms with Crippen molar-refractivity contribution in [1.29, 1.82) is 0 Å². The second-order valence-electron chi connectivity index (χ2n) is 5.05. The van der Waals surface area contributed by atoms with Crippen molar-refractivity contribution in [2.45, 2.75) is 19.0 Å². The Hall–Kier alpha value is -2.08. The lowest BCUT2D eigenvalue weighted by Crippen LogP contribution is -2.49. The van der Waals surface area contributed by atoms with Crippen molar-refractivity contribution in [2.24, 2.45) is 5.92 Å². The van der Waals surface area contributed by atoms with Gasteiger partial charge in [-0.1, -0.05) is 5.92 Å². The van der Waals surface area contributed by atoms with E-state index in [1.165, 1.54) is 22.4 Å². The van der Waals surface area contributed by atoms with Gasteiger partial charge in [0.2, 0.25) is 11.8 Å². The third-order valence-corrected chi connectivity index (χ3v) is 4.28. The summed E-state index contributed by atoms with van der Waals surface area (Å²) in [5.41, 5.74) is 0. The number of rotatable bonds is 4. The van der Waals surface area contributed by atoms with Gasteiger partial charge in [0.15, 0.2) is 5.13 Å². The summed E-state index contributed by atoms with van der Waals surface area (Å²) in [5.74, 6) is -0.303. The molecular weight excluding hydrogens is 331 g/mol. The fourth-order valence-corrected chi connectivity index (χ4v) is 2.95. The van der Waals surface area contributed by atoms with Gasteiger partial charge in [-0.2, -0.15) is 13.2 Å². The van der Waals surface area contributed by atoms with Gasteiger partial charge in [0, 0.05) is 24.5 Å². The molecule has 1 fully saturated rings. The number of aromatic nitrogens is 1. The average Bonchev–Trinajstić information content (AvgIpc) is 2.99. The maximum absolute atomic E-state index is 12.8. The molecule has 23 heavy (non-hydrogen) atoms. The largest absolute Gasteiger partial charge is 0.393 e. The number of amides is 2. The van der Waals surface area contributed by atoms with E-state index in [0.29, 0.717) is 5.13 Å². The average molecular weight is 345 g/mol. The van der Waals surface area contributed by atoms with Gasteiger partial charge in [-0.15, -0.1) is 17.8 Å². The Morgan fingerprint density at radius 3 is 2.87 bits per heavy atom. The van der Waals surface area contributed by atoms with Gasteiger partial charge >= 0.3 is 6.18 Å². The second-order valence-corrected chi connectivity index (χ2v) is 5.92. The molecule has 1 aromatic heterocycles. The van der Waals surface area contributed by atoms with E-state index in [9.17, 15) is 22.8 Å². The molecule has 2 rings (SSSR count). The molecule has 1 aromatic rings. The second kappa shape index (κ2) is 7.00. The molecule has 1 aliphatic rings. The fraction of sp³-hybridized carbons (Fsp3) is 0.500. The minimum atomic E-state index is -4.38. The molecule has 2 amide bonds. The number of hydrogen-bond acceptors (Lipinski definition) is 4. The van der Waals surface area contributed by atoms with Crippen molar-refractivity contribution >= 4 is 28.3 Å². The number of piperidine rings is 1. The quantitative estimate of drug-likeness (QED) is 0.784. The Kier molecular flexibility index (Phi) is 5.26. The fourth-order valence-electron chi connectivity index (χ4n) is 2.29. The van der Waals surface area contributed by atoms with Crippen molar-refractivity contribution < 1.29 is 22.8 Å². The maximum atomic E-state index is 12.8. The standard InChI is InChI=1S/C14H14F3N3O2S/c1-2-6-20(13-18-5-7-23-13)12(22)9-19-8-10(14(15,16)17)3-4-11(19)21/h1,5,7,10H,3-4,6,8-9H2. The molecule has 124 valence electrons. The summed E-state index contributed by atoms with van der Waals surface area (Å²) in [6, 6.07) is 0. The van der Waals surface area contributed by atoms with Crippen LogP contribution in [0, 0.1) is 18.3 Å². The first-order valence-corrected chi connectivity index (χ1v) is 7.68. The van der Waals surface area contributed by atoms with Crippen LogP contribution in [-0.4, -0.2) is 47.5 Å². The van der Waals surface area contributed by atoms with Gasteiger partial charge in [-0.25, -0.2) is 4.98 Å². The summed E-state index contributed by atoms with van der Waals surface area (Å²) in [5, 5.41) is 2.00. The predicted molar refractivity (Wildman–Crippen MR) is 78.7 cm³/mol. The Labute approximate surface area is 135 Å². The van der Waals surface area contributed by atoms with E-state index in [1.807, 2.05) is 0 Å². The number of carbonyl (C=O) groups is 2. The van der Waals surface area contributed by atoms with Crippen molar-refractivity contribution in [3.63, 3.8) is 0 Å². The predicted octanol–water partition coefficient (Wildman–Crippen LogP) is 1.91. The van der Waals surface area contributed by atoms with E-state index >= 15 is 0 Å². The molecule has 1 unspecified atom stereocenters. The Bertz CT molecular complexity index is 610. The molecule has 1 saturated heterocycles. The lowest BCUT2D eigenvalue weighted by molar-refractivity contribution is -0.189. The third-order valence-electron chi connectivity index (χ3n) is 3.49. The number of alkyl halides is 3. The first kappa shape index (κ1) is 17.3. The Morgan fingerprint density at radius 1 is 1.57 bits per heavy atom. The molecule has 2 heterocycles. The molecule has 0 aromatic carbocycles. The Balaban J connectivity index is 2.08. The van der Waals surface area contributed by atoms with Crippen molar-refractivity contribution in [3.05, 3.63) is 11.6 Å². The molecule has 0 spiro atoms. The number of terminal acetylenes is 1. The number of halogens is 3. The van der Waals surface area contributed by atoms with Gasteiger partial charge in [-0.05, 0) is 6.42 Å². The SMILES string of the molecule is C#CCN(C(=O)CN1CC(C(F)(F)F)CCC1=O)c1nccs1. The lowest BCUT2D eigenvalue weighted by atomic mass is 9.97. The van der Waals surface area contributed by atoms with Crippen LogP contribution >= 0.6 is 11.3 Å².